The molecule has 0 radical (unpaired) electrons. The number of aromatic nitrogens is 2. The second kappa shape index (κ2) is 11.6. The lowest BCUT2D eigenvalue weighted by atomic mass is 10.1. The predicted octanol–water partition coefficient (Wildman–Crippen LogP) is 0.737. The Hall–Kier alpha value is -2.09. The molecule has 1 aromatic rings. The van der Waals surface area contributed by atoms with Crippen molar-refractivity contribution in [1.82, 2.24) is 30.4 Å². The lowest BCUT2D eigenvalue weighted by molar-refractivity contribution is -0.122. The van der Waals surface area contributed by atoms with Crippen LogP contribution in [-0.4, -0.2) is 72.1 Å². The van der Waals surface area contributed by atoms with Crippen LogP contribution in [-0.2, 0) is 11.3 Å². The highest BCUT2D eigenvalue weighted by Gasteiger charge is 2.21. The van der Waals surface area contributed by atoms with Gasteiger partial charge in [-0.25, -0.2) is 4.98 Å². The molecule has 0 aromatic carbocycles. The first-order chi connectivity index (χ1) is 13.1. The molecular formula is C19H35N7O. The highest BCUT2D eigenvalue weighted by atomic mass is 16.1. The zero-order valence-electron chi connectivity index (χ0n) is 17.0. The summed E-state index contributed by atoms with van der Waals surface area (Å²) in [6.45, 7) is 9.16. The molecule has 3 N–H and O–H groups in total. The number of nitrogens with one attached hydrogen (secondary N) is 3. The summed E-state index contributed by atoms with van der Waals surface area (Å²) in [5.74, 6) is 2.06. The second-order valence-electron chi connectivity index (χ2n) is 7.00. The van der Waals surface area contributed by atoms with Gasteiger partial charge in [0.05, 0.1) is 6.54 Å². The normalized spacial score (nSPS) is 16.3. The number of unbranched alkanes of at least 4 members (excludes halogenated alkanes) is 1. The molecule has 152 valence electrons. The minimum absolute atomic E-state index is 0.0854. The molecule has 1 aromatic heterocycles. The number of aliphatic imine (C=N–C) groups is 1. The molecule has 1 fully saturated rings. The third-order valence-corrected chi connectivity index (χ3v) is 4.92. The number of nitrogens with zero attached hydrogens (tertiary/aromatic N) is 4. The topological polar surface area (TPSA) is 86.6 Å². The third-order valence-electron chi connectivity index (χ3n) is 4.92. The molecule has 0 aliphatic carbocycles. The van der Waals surface area contributed by atoms with Crippen molar-refractivity contribution in [3.8, 4) is 0 Å². The summed E-state index contributed by atoms with van der Waals surface area (Å²) in [4.78, 5) is 22.7. The summed E-state index contributed by atoms with van der Waals surface area (Å²) in [6.07, 6.45) is 8.08. The van der Waals surface area contributed by atoms with Crippen molar-refractivity contribution in [2.75, 3.05) is 39.8 Å². The molecule has 8 nitrogen and oxygen atoms in total. The van der Waals surface area contributed by atoms with E-state index >= 15 is 0 Å². The lowest BCUT2D eigenvalue weighted by Gasteiger charge is -2.32. The highest BCUT2D eigenvalue weighted by molar-refractivity contribution is 5.80. The van der Waals surface area contributed by atoms with Crippen molar-refractivity contribution in [3.63, 3.8) is 0 Å². The smallest absolute Gasteiger partial charge is 0.233 e. The van der Waals surface area contributed by atoms with E-state index in [2.05, 4.69) is 37.3 Å². The maximum Gasteiger partial charge on any atom is 0.233 e. The predicted molar refractivity (Wildman–Crippen MR) is 109 cm³/mol. The van der Waals surface area contributed by atoms with Crippen LogP contribution in [0, 0.1) is 6.92 Å². The Morgan fingerprint density at radius 2 is 2.11 bits per heavy atom. The Bertz CT molecular complexity index is 591. The van der Waals surface area contributed by atoms with E-state index in [1.165, 1.54) is 0 Å². The van der Waals surface area contributed by atoms with E-state index in [4.69, 9.17) is 4.99 Å². The van der Waals surface area contributed by atoms with Gasteiger partial charge in [0.15, 0.2) is 5.96 Å². The van der Waals surface area contributed by atoms with E-state index in [0.29, 0.717) is 12.6 Å². The van der Waals surface area contributed by atoms with Gasteiger partial charge in [0.1, 0.15) is 5.82 Å². The Kier molecular flexibility index (Phi) is 9.10. The number of likely N-dealkylation sites (tertiary alicyclic amines) is 1. The fourth-order valence-electron chi connectivity index (χ4n) is 3.26. The maximum absolute atomic E-state index is 11.5. The van der Waals surface area contributed by atoms with Gasteiger partial charge in [0, 0.05) is 58.2 Å². The quantitative estimate of drug-likeness (QED) is 0.336. The van der Waals surface area contributed by atoms with Gasteiger partial charge in [-0.15, -0.1) is 0 Å². The average molecular weight is 378 g/mol. The van der Waals surface area contributed by atoms with Crippen molar-refractivity contribution >= 4 is 11.9 Å². The number of carbonyl (C=O) groups excluding carboxylic acids is 1. The van der Waals surface area contributed by atoms with Crippen molar-refractivity contribution < 1.29 is 4.79 Å². The summed E-state index contributed by atoms with van der Waals surface area (Å²) in [7, 11) is 1.69. The largest absolute Gasteiger partial charge is 0.358 e. The second-order valence-corrected chi connectivity index (χ2v) is 7.00. The van der Waals surface area contributed by atoms with E-state index in [9.17, 15) is 4.79 Å². The maximum atomic E-state index is 11.5. The van der Waals surface area contributed by atoms with Crippen LogP contribution in [0.4, 0.5) is 0 Å². The summed E-state index contributed by atoms with van der Waals surface area (Å²) in [6, 6.07) is 0.414. The number of carbonyl (C=O) groups is 1. The van der Waals surface area contributed by atoms with E-state index in [1.807, 2.05) is 19.3 Å². The van der Waals surface area contributed by atoms with Gasteiger partial charge in [-0.2, -0.15) is 0 Å². The number of guanidine groups is 1. The molecule has 0 atom stereocenters. The number of piperidine rings is 1. The van der Waals surface area contributed by atoms with Crippen LogP contribution < -0.4 is 16.0 Å². The molecule has 8 heteroatoms. The van der Waals surface area contributed by atoms with Gasteiger partial charge >= 0.3 is 0 Å². The lowest BCUT2D eigenvalue weighted by Crippen LogP contribution is -2.50. The number of hydrogen-bond donors (Lipinski definition) is 3. The fourth-order valence-corrected chi connectivity index (χ4v) is 3.26. The average Bonchev–Trinajstić information content (AvgIpc) is 3.08. The van der Waals surface area contributed by atoms with Gasteiger partial charge in [0.25, 0.3) is 0 Å². The van der Waals surface area contributed by atoms with Crippen LogP contribution in [0.25, 0.3) is 0 Å². The van der Waals surface area contributed by atoms with Gasteiger partial charge in [0.2, 0.25) is 5.91 Å². The molecule has 1 saturated heterocycles. The number of hydrogen-bond acceptors (Lipinski definition) is 4. The molecule has 2 rings (SSSR count). The number of imidazole rings is 1. The summed E-state index contributed by atoms with van der Waals surface area (Å²) < 4.78 is 2.18. The molecule has 0 spiro atoms. The minimum Gasteiger partial charge on any atom is -0.358 e. The SMILES string of the molecule is CCNC(=NCCCCn1ccnc1C)NC1CCN(CC(=O)NC)CC1. The monoisotopic (exact) mass is 377 g/mol. The first-order valence-corrected chi connectivity index (χ1v) is 10.1. The molecule has 0 unspecified atom stereocenters. The third kappa shape index (κ3) is 7.58. The van der Waals surface area contributed by atoms with Crippen molar-refractivity contribution in [2.24, 2.45) is 4.99 Å². The highest BCUT2D eigenvalue weighted by Crippen LogP contribution is 2.10. The zero-order chi connectivity index (χ0) is 19.5. The molecule has 2 heterocycles. The van der Waals surface area contributed by atoms with E-state index < -0.39 is 0 Å². The molecule has 0 saturated carbocycles. The Morgan fingerprint density at radius 1 is 1.33 bits per heavy atom. The summed E-state index contributed by atoms with van der Waals surface area (Å²) in [5, 5.41) is 9.58. The molecule has 1 aliphatic heterocycles. The van der Waals surface area contributed by atoms with Gasteiger partial charge in [-0.1, -0.05) is 0 Å². The first-order valence-electron chi connectivity index (χ1n) is 10.1. The fraction of sp³-hybridized carbons (Fsp3) is 0.737. The Labute approximate surface area is 162 Å². The zero-order valence-corrected chi connectivity index (χ0v) is 17.0. The molecule has 0 bridgehead atoms. The molecular weight excluding hydrogens is 342 g/mol. The van der Waals surface area contributed by atoms with Crippen LogP contribution >= 0.6 is 0 Å². The van der Waals surface area contributed by atoms with E-state index in [-0.39, 0.29) is 5.91 Å². The number of likely N-dealkylation sites (N-methyl/N-ethyl adjacent to an activating group) is 1. The van der Waals surface area contributed by atoms with Crippen LogP contribution in [0.5, 0.6) is 0 Å². The van der Waals surface area contributed by atoms with Crippen molar-refractivity contribution in [1.29, 1.82) is 0 Å². The molecule has 1 amide bonds. The standard InChI is InChI=1S/C19H35N7O/c1-4-21-19(23-9-5-6-11-26-14-10-22-16(26)2)24-17-7-12-25(13-8-17)15-18(27)20-3/h10,14,17H,4-9,11-13,15H2,1-3H3,(H,20,27)(H2,21,23,24). The van der Waals surface area contributed by atoms with E-state index in [1.54, 1.807) is 7.05 Å². The van der Waals surface area contributed by atoms with E-state index in [0.717, 1.165) is 70.2 Å². The van der Waals surface area contributed by atoms with Crippen LogP contribution in [0.1, 0.15) is 38.4 Å². The number of rotatable bonds is 9. The van der Waals surface area contributed by atoms with Crippen LogP contribution in [0.3, 0.4) is 0 Å². The Balaban J connectivity index is 1.69. The molecule has 27 heavy (non-hydrogen) atoms. The molecule has 1 aliphatic rings. The van der Waals surface area contributed by atoms with Crippen molar-refractivity contribution in [2.45, 2.75) is 52.1 Å². The van der Waals surface area contributed by atoms with Gasteiger partial charge in [-0.05, 0) is 39.5 Å². The minimum atomic E-state index is 0.0854. The Morgan fingerprint density at radius 3 is 2.74 bits per heavy atom. The first kappa shape index (κ1) is 21.2. The number of aryl methyl sites for hydroxylation is 2. The van der Waals surface area contributed by atoms with Crippen LogP contribution in [0.15, 0.2) is 17.4 Å². The van der Waals surface area contributed by atoms with Crippen molar-refractivity contribution in [3.05, 3.63) is 18.2 Å². The van der Waals surface area contributed by atoms with Gasteiger partial charge in [-0.3, -0.25) is 14.7 Å². The number of amides is 1. The summed E-state index contributed by atoms with van der Waals surface area (Å²) in [5.41, 5.74) is 0. The summed E-state index contributed by atoms with van der Waals surface area (Å²) >= 11 is 0. The van der Waals surface area contributed by atoms with Gasteiger partial charge < -0.3 is 20.5 Å². The van der Waals surface area contributed by atoms with Crippen LogP contribution in [0.2, 0.25) is 0 Å².